The zero-order valence-corrected chi connectivity index (χ0v) is 23.2. The third-order valence-corrected chi connectivity index (χ3v) is 8.04. The van der Waals surface area contributed by atoms with Gasteiger partial charge in [-0.2, -0.15) is 0 Å². The number of hydrogen-bond acceptors (Lipinski definition) is 8. The first kappa shape index (κ1) is 25.7. The molecule has 2 aromatic carbocycles. The first-order valence-electron chi connectivity index (χ1n) is 12.5. The largest absolute Gasteiger partial charge is 0.450 e. The van der Waals surface area contributed by atoms with Gasteiger partial charge in [0.2, 0.25) is 0 Å². The lowest BCUT2D eigenvalue weighted by Gasteiger charge is -2.25. The molecule has 8 nitrogen and oxygen atoms in total. The van der Waals surface area contributed by atoms with Gasteiger partial charge in [-0.25, -0.2) is 15.0 Å². The van der Waals surface area contributed by atoms with Gasteiger partial charge in [0.15, 0.2) is 15.1 Å². The fourth-order valence-electron chi connectivity index (χ4n) is 4.44. The summed E-state index contributed by atoms with van der Waals surface area (Å²) in [7, 11) is 0. The molecular weight excluding hydrogens is 542 g/mol. The van der Waals surface area contributed by atoms with Crippen molar-refractivity contribution in [2.75, 3.05) is 5.32 Å². The molecule has 10 heteroatoms. The van der Waals surface area contributed by atoms with Crippen LogP contribution in [0, 0.1) is 6.92 Å². The Morgan fingerprint density at radius 3 is 2.52 bits per heavy atom. The number of thiazole rings is 1. The van der Waals surface area contributed by atoms with Crippen molar-refractivity contribution in [2.45, 2.75) is 30.1 Å². The number of amides is 1. The summed E-state index contributed by atoms with van der Waals surface area (Å²) in [6.07, 6.45) is 3.41. The highest BCUT2D eigenvalue weighted by Gasteiger charge is 2.32. The molecule has 1 N–H and O–H groups in total. The van der Waals surface area contributed by atoms with Crippen molar-refractivity contribution in [3.05, 3.63) is 133 Å². The van der Waals surface area contributed by atoms with Gasteiger partial charge in [0.25, 0.3) is 11.5 Å². The number of carbonyl (C=O) groups excluding carboxylic acids is 1. The van der Waals surface area contributed by atoms with Crippen molar-refractivity contribution in [1.29, 1.82) is 0 Å². The summed E-state index contributed by atoms with van der Waals surface area (Å²) in [5.74, 6) is 0.219. The molecule has 40 heavy (non-hydrogen) atoms. The smallest absolute Gasteiger partial charge is 0.271 e. The lowest BCUT2D eigenvalue weighted by molar-refractivity contribution is -0.113. The van der Waals surface area contributed by atoms with Gasteiger partial charge in [-0.1, -0.05) is 59.9 Å². The van der Waals surface area contributed by atoms with Gasteiger partial charge >= 0.3 is 0 Å². The minimum absolute atomic E-state index is 0.247. The molecule has 4 heterocycles. The summed E-state index contributed by atoms with van der Waals surface area (Å²) < 4.78 is 8.01. The van der Waals surface area contributed by atoms with Crippen molar-refractivity contribution in [3.63, 3.8) is 0 Å². The number of benzene rings is 2. The van der Waals surface area contributed by atoms with Gasteiger partial charge in [0.1, 0.15) is 5.76 Å². The predicted octanol–water partition coefficient (Wildman–Crippen LogP) is 4.72. The highest BCUT2D eigenvalue weighted by Crippen LogP contribution is 2.31. The van der Waals surface area contributed by atoms with E-state index in [9.17, 15) is 9.59 Å². The molecule has 198 valence electrons. The second kappa shape index (κ2) is 10.9. The molecule has 6 rings (SSSR count). The number of nitrogens with zero attached hydrogens (tertiary/aromatic N) is 4. The van der Waals surface area contributed by atoms with E-state index < -0.39 is 6.04 Å². The van der Waals surface area contributed by atoms with Crippen LogP contribution in [0.4, 0.5) is 5.69 Å². The molecule has 0 saturated heterocycles. The summed E-state index contributed by atoms with van der Waals surface area (Å²) in [6, 6.07) is 23.6. The zero-order chi connectivity index (χ0) is 27.6. The quantitative estimate of drug-likeness (QED) is 0.299. The van der Waals surface area contributed by atoms with Crippen molar-refractivity contribution < 1.29 is 9.21 Å². The van der Waals surface area contributed by atoms with E-state index in [2.05, 4.69) is 20.3 Å². The Hall–Kier alpha value is -4.54. The molecule has 1 aliphatic rings. The van der Waals surface area contributed by atoms with Gasteiger partial charge < -0.3 is 9.73 Å². The maximum Gasteiger partial charge on any atom is 0.271 e. The number of hydrogen-bond donors (Lipinski definition) is 1. The summed E-state index contributed by atoms with van der Waals surface area (Å²) in [6.45, 7) is 3.70. The number of carbonyl (C=O) groups is 1. The number of nitrogens with one attached hydrogen (secondary N) is 1. The Labute approximate surface area is 237 Å². The Kier molecular flexibility index (Phi) is 7.02. The second-order valence-corrected chi connectivity index (χ2v) is 11.0. The molecule has 1 aliphatic heterocycles. The fourth-order valence-corrected chi connectivity index (χ4v) is 6.23. The number of rotatable bonds is 6. The number of allylic oxidation sites excluding steroid dienone is 1. The SMILES string of the molecule is CC1=C(C(=O)Nc2ccccc2)[C@H](c2ccccc2)n2c(s/c(=C/c3ccc(Sc4nccc(C)n4)o3)c2=O)=N1. The van der Waals surface area contributed by atoms with Crippen molar-refractivity contribution >= 4 is 40.8 Å². The van der Waals surface area contributed by atoms with Crippen LogP contribution in [-0.2, 0) is 4.79 Å². The number of fused-ring (bicyclic) bond motifs is 1. The monoisotopic (exact) mass is 565 g/mol. The maximum atomic E-state index is 13.8. The molecular formula is C30H23N5O3S2. The van der Waals surface area contributed by atoms with Crippen molar-refractivity contribution in [3.8, 4) is 0 Å². The van der Waals surface area contributed by atoms with Crippen LogP contribution in [0.1, 0.15) is 30.0 Å². The van der Waals surface area contributed by atoms with E-state index in [0.29, 0.717) is 42.3 Å². The maximum absolute atomic E-state index is 13.8. The molecule has 5 aromatic rings. The topological polar surface area (TPSA) is 102 Å². The molecule has 0 unspecified atom stereocenters. The molecule has 0 spiro atoms. The van der Waals surface area contributed by atoms with Crippen LogP contribution in [0.2, 0.25) is 0 Å². The zero-order valence-electron chi connectivity index (χ0n) is 21.6. The van der Waals surface area contributed by atoms with E-state index in [1.165, 1.54) is 23.1 Å². The summed E-state index contributed by atoms with van der Waals surface area (Å²) >= 11 is 2.57. The Balaban J connectivity index is 1.39. The summed E-state index contributed by atoms with van der Waals surface area (Å²) in [5.41, 5.74) is 3.08. The molecule has 0 saturated carbocycles. The van der Waals surface area contributed by atoms with Crippen molar-refractivity contribution in [2.24, 2.45) is 4.99 Å². The van der Waals surface area contributed by atoms with Crippen LogP contribution in [0.15, 0.2) is 121 Å². The number of anilines is 1. The van der Waals surface area contributed by atoms with Crippen molar-refractivity contribution in [1.82, 2.24) is 14.5 Å². The molecule has 0 bridgehead atoms. The van der Waals surface area contributed by atoms with E-state index in [-0.39, 0.29) is 11.5 Å². The van der Waals surface area contributed by atoms with Crippen LogP contribution in [0.25, 0.3) is 6.08 Å². The minimum atomic E-state index is -0.635. The third-order valence-electron chi connectivity index (χ3n) is 6.25. The first-order valence-corrected chi connectivity index (χ1v) is 14.1. The van der Waals surface area contributed by atoms with Crippen LogP contribution in [-0.4, -0.2) is 20.4 Å². The molecule has 1 amide bonds. The number of para-hydroxylation sites is 1. The van der Waals surface area contributed by atoms with Gasteiger partial charge in [-0.3, -0.25) is 14.2 Å². The first-order chi connectivity index (χ1) is 19.5. The average Bonchev–Trinajstić information content (AvgIpc) is 3.52. The second-order valence-electron chi connectivity index (χ2n) is 9.05. The van der Waals surface area contributed by atoms with E-state index >= 15 is 0 Å². The summed E-state index contributed by atoms with van der Waals surface area (Å²) in [4.78, 5) is 41.3. The molecule has 0 aliphatic carbocycles. The standard InChI is InChI=1S/C30H23N5O3S2/c1-18-15-16-31-29(32-18)40-24-14-13-22(38-24)17-23-28(37)35-26(20-9-5-3-6-10-20)25(19(2)33-30(35)39-23)27(36)34-21-11-7-4-8-12-21/h3-17,26H,1-2H3,(H,34,36)/b23-17+/t26-/m0/s1. The van der Waals surface area contributed by atoms with Crippen LogP contribution in [0.3, 0.4) is 0 Å². The van der Waals surface area contributed by atoms with Crippen LogP contribution in [0.5, 0.6) is 0 Å². The predicted molar refractivity (Wildman–Crippen MR) is 155 cm³/mol. The molecule has 3 aromatic heterocycles. The van der Waals surface area contributed by atoms with Crippen LogP contribution < -0.4 is 20.2 Å². The lowest BCUT2D eigenvalue weighted by Crippen LogP contribution is -2.40. The van der Waals surface area contributed by atoms with Crippen LogP contribution >= 0.6 is 23.1 Å². The van der Waals surface area contributed by atoms with E-state index in [0.717, 1.165) is 11.3 Å². The number of aryl methyl sites for hydroxylation is 1. The Morgan fingerprint density at radius 1 is 1.02 bits per heavy atom. The van der Waals surface area contributed by atoms with E-state index in [1.807, 2.05) is 79.7 Å². The normalized spacial score (nSPS) is 15.1. The number of aromatic nitrogens is 3. The average molecular weight is 566 g/mol. The molecule has 1 atom stereocenters. The molecule has 0 fully saturated rings. The number of furan rings is 1. The third kappa shape index (κ3) is 5.18. The van der Waals surface area contributed by atoms with E-state index in [4.69, 9.17) is 4.42 Å². The summed E-state index contributed by atoms with van der Waals surface area (Å²) in [5, 5.41) is 4.16. The minimum Gasteiger partial charge on any atom is -0.450 e. The molecule has 0 radical (unpaired) electrons. The Morgan fingerprint density at radius 2 is 1.77 bits per heavy atom. The van der Waals surface area contributed by atoms with Gasteiger partial charge in [0.05, 0.1) is 21.8 Å². The van der Waals surface area contributed by atoms with Gasteiger partial charge in [-0.15, -0.1) is 0 Å². The Bertz CT molecular complexity index is 1930. The van der Waals surface area contributed by atoms with Gasteiger partial charge in [-0.05, 0) is 61.5 Å². The van der Waals surface area contributed by atoms with E-state index in [1.54, 1.807) is 29.8 Å². The fraction of sp³-hybridized carbons (Fsp3) is 0.100. The highest BCUT2D eigenvalue weighted by molar-refractivity contribution is 7.99. The lowest BCUT2D eigenvalue weighted by atomic mass is 9.95. The highest BCUT2D eigenvalue weighted by atomic mass is 32.2. The van der Waals surface area contributed by atoms with Gasteiger partial charge in [0, 0.05) is 23.7 Å².